The molecule has 1 aromatic rings. The van der Waals surface area contributed by atoms with Crippen LogP contribution in [0.2, 0.25) is 0 Å². The van der Waals surface area contributed by atoms with E-state index in [1.165, 1.54) is 18.4 Å². The first-order valence-electron chi connectivity index (χ1n) is 12.8. The van der Waals surface area contributed by atoms with Gasteiger partial charge in [0.15, 0.2) is 5.79 Å². The van der Waals surface area contributed by atoms with Crippen molar-refractivity contribution in [3.05, 3.63) is 46.0 Å². The lowest BCUT2D eigenvalue weighted by Crippen LogP contribution is -2.54. The molecule has 4 aliphatic carbocycles. The van der Waals surface area contributed by atoms with Crippen molar-refractivity contribution in [2.24, 2.45) is 34.0 Å². The minimum atomic E-state index is -1.07. The van der Waals surface area contributed by atoms with Crippen molar-refractivity contribution in [1.82, 2.24) is 0 Å². The summed E-state index contributed by atoms with van der Waals surface area (Å²) in [6.07, 6.45) is 10.4. The highest BCUT2D eigenvalue weighted by atomic mass is 79.9. The predicted octanol–water partition coefficient (Wildman–Crippen LogP) is 7.21. The van der Waals surface area contributed by atoms with Crippen molar-refractivity contribution >= 4 is 21.7 Å². The first-order chi connectivity index (χ1) is 15.5. The molecule has 4 heteroatoms. The van der Waals surface area contributed by atoms with Crippen LogP contribution in [0.25, 0.3) is 0 Å². The van der Waals surface area contributed by atoms with E-state index in [0.717, 1.165) is 35.7 Å². The Morgan fingerprint density at radius 2 is 1.76 bits per heavy atom. The highest BCUT2D eigenvalue weighted by molar-refractivity contribution is 9.10. The molecule has 0 amide bonds. The van der Waals surface area contributed by atoms with Gasteiger partial charge < -0.3 is 9.84 Å². The van der Waals surface area contributed by atoms with E-state index >= 15 is 0 Å². The van der Waals surface area contributed by atoms with Crippen LogP contribution in [-0.2, 0) is 16.1 Å². The number of fused-ring (bicyclic) bond motifs is 5. The van der Waals surface area contributed by atoms with E-state index in [1.54, 1.807) is 0 Å². The lowest BCUT2D eigenvalue weighted by Gasteiger charge is -2.60. The Morgan fingerprint density at radius 3 is 2.45 bits per heavy atom. The second kappa shape index (κ2) is 8.03. The summed E-state index contributed by atoms with van der Waals surface area (Å²) in [7, 11) is 0. The van der Waals surface area contributed by atoms with Gasteiger partial charge in [-0.1, -0.05) is 60.5 Å². The minimum Gasteiger partial charge on any atom is -0.365 e. The Bertz CT molecular complexity index is 970. The van der Waals surface area contributed by atoms with Gasteiger partial charge in [0, 0.05) is 22.7 Å². The first kappa shape index (κ1) is 23.8. The average molecular weight is 516 g/mol. The van der Waals surface area contributed by atoms with Crippen LogP contribution < -0.4 is 0 Å². The molecule has 1 aromatic carbocycles. The summed E-state index contributed by atoms with van der Waals surface area (Å²) in [6.45, 7) is 9.36. The number of halogens is 1. The third kappa shape index (κ3) is 3.62. The largest absolute Gasteiger partial charge is 0.365 e. The molecule has 0 bridgehead atoms. The fourth-order valence-corrected chi connectivity index (χ4v) is 8.65. The normalized spacial score (nSPS) is 44.4. The number of ketones is 1. The number of hydrogen-bond donors (Lipinski definition) is 1. The fraction of sp³-hybridized carbons (Fsp3) is 0.690. The molecule has 7 atom stereocenters. The van der Waals surface area contributed by atoms with Gasteiger partial charge in [-0.25, -0.2) is 0 Å². The number of allylic oxidation sites excluding steroid dienone is 1. The molecule has 0 aliphatic heterocycles. The number of hydrogen-bond acceptors (Lipinski definition) is 3. The quantitative estimate of drug-likeness (QED) is 0.340. The van der Waals surface area contributed by atoms with Crippen LogP contribution in [0.3, 0.4) is 0 Å². The third-order valence-corrected chi connectivity index (χ3v) is 11.5. The lowest BCUT2D eigenvalue weighted by molar-refractivity contribution is -0.231. The van der Waals surface area contributed by atoms with E-state index in [2.05, 4.69) is 42.8 Å². The molecule has 5 rings (SSSR count). The molecule has 3 fully saturated rings. The molecular formula is C29H39BrO3. The van der Waals surface area contributed by atoms with Crippen molar-refractivity contribution < 1.29 is 14.6 Å². The summed E-state index contributed by atoms with van der Waals surface area (Å²) >= 11 is 3.47. The van der Waals surface area contributed by atoms with Gasteiger partial charge in [0.2, 0.25) is 0 Å². The van der Waals surface area contributed by atoms with E-state index in [1.807, 2.05) is 31.2 Å². The van der Waals surface area contributed by atoms with Crippen molar-refractivity contribution in [2.45, 2.75) is 91.5 Å². The Morgan fingerprint density at radius 1 is 1.06 bits per heavy atom. The number of ether oxygens (including phenoxy) is 1. The van der Waals surface area contributed by atoms with Crippen LogP contribution in [-0.4, -0.2) is 16.7 Å². The standard InChI is InChI=1S/C29H39BrO3/c1-19(31)27(3)13-12-25-23-10-7-21-17-29(32,33-18-20-5-8-22(30)9-6-20)16-15-26(21,2)24(23)11-14-28(25,27)4/h5-9,23-25,32H,10-18H2,1-4H3/t23?,24?,25?,26-,27+,28-,29-/m0/s1. The molecule has 0 saturated heterocycles. The van der Waals surface area contributed by atoms with Crippen LogP contribution in [0.5, 0.6) is 0 Å². The van der Waals surface area contributed by atoms with E-state index in [9.17, 15) is 9.90 Å². The summed E-state index contributed by atoms with van der Waals surface area (Å²) in [5, 5.41) is 11.3. The first-order valence-corrected chi connectivity index (χ1v) is 13.6. The maximum Gasteiger partial charge on any atom is 0.169 e. The van der Waals surface area contributed by atoms with Gasteiger partial charge in [0.25, 0.3) is 0 Å². The predicted molar refractivity (Wildman–Crippen MR) is 134 cm³/mol. The van der Waals surface area contributed by atoms with Gasteiger partial charge in [-0.3, -0.25) is 4.79 Å². The molecule has 1 N–H and O–H groups in total. The topological polar surface area (TPSA) is 46.5 Å². The summed E-state index contributed by atoms with van der Waals surface area (Å²) in [5.41, 5.74) is 2.60. The summed E-state index contributed by atoms with van der Waals surface area (Å²) in [5.74, 6) is 1.26. The lowest BCUT2D eigenvalue weighted by atomic mass is 9.45. The van der Waals surface area contributed by atoms with Gasteiger partial charge in [0.1, 0.15) is 5.78 Å². The number of carbonyl (C=O) groups is 1. The zero-order chi connectivity index (χ0) is 23.6. The Balaban J connectivity index is 1.34. The molecular weight excluding hydrogens is 476 g/mol. The van der Waals surface area contributed by atoms with Crippen LogP contribution in [0, 0.1) is 34.0 Å². The molecule has 0 heterocycles. The van der Waals surface area contributed by atoms with Gasteiger partial charge in [-0.05, 0) is 91.7 Å². The molecule has 3 unspecified atom stereocenters. The Kier molecular flexibility index (Phi) is 5.78. The zero-order valence-corrected chi connectivity index (χ0v) is 22.2. The summed E-state index contributed by atoms with van der Waals surface area (Å²) in [6, 6.07) is 8.11. The fourth-order valence-electron chi connectivity index (χ4n) is 8.39. The molecule has 0 aromatic heterocycles. The molecule has 33 heavy (non-hydrogen) atoms. The highest BCUT2D eigenvalue weighted by Gasteiger charge is 2.64. The zero-order valence-electron chi connectivity index (χ0n) is 20.6. The SMILES string of the molecule is CC(=O)[C@@]1(C)CCC2C3CC=C4C[C@@](O)(OCc5ccc(Br)cc5)CC[C@]4(C)C3CC[C@@]21C. The number of rotatable bonds is 4. The van der Waals surface area contributed by atoms with Crippen LogP contribution in [0.1, 0.15) is 84.6 Å². The second-order valence-corrected chi connectivity index (χ2v) is 13.1. The van der Waals surface area contributed by atoms with Crippen molar-refractivity contribution in [3.8, 4) is 0 Å². The van der Waals surface area contributed by atoms with Gasteiger partial charge in [0.05, 0.1) is 6.61 Å². The van der Waals surface area contributed by atoms with Gasteiger partial charge in [-0.2, -0.15) is 0 Å². The molecule has 180 valence electrons. The maximum absolute atomic E-state index is 12.7. The molecule has 0 spiro atoms. The average Bonchev–Trinajstić information content (AvgIpc) is 3.06. The van der Waals surface area contributed by atoms with Gasteiger partial charge in [-0.15, -0.1) is 0 Å². The summed E-state index contributed by atoms with van der Waals surface area (Å²) < 4.78 is 7.18. The van der Waals surface area contributed by atoms with E-state index in [0.29, 0.717) is 43.0 Å². The van der Waals surface area contributed by atoms with E-state index in [4.69, 9.17) is 4.74 Å². The smallest absolute Gasteiger partial charge is 0.169 e. The van der Waals surface area contributed by atoms with Crippen LogP contribution >= 0.6 is 15.9 Å². The molecule has 3 saturated carbocycles. The minimum absolute atomic E-state index is 0.130. The van der Waals surface area contributed by atoms with Crippen LogP contribution in [0.15, 0.2) is 40.4 Å². The van der Waals surface area contributed by atoms with Crippen molar-refractivity contribution in [2.75, 3.05) is 0 Å². The molecule has 0 radical (unpaired) electrons. The monoisotopic (exact) mass is 514 g/mol. The number of benzene rings is 1. The van der Waals surface area contributed by atoms with E-state index in [-0.39, 0.29) is 16.2 Å². The molecule has 4 aliphatic rings. The van der Waals surface area contributed by atoms with Crippen molar-refractivity contribution in [3.63, 3.8) is 0 Å². The number of carbonyl (C=O) groups excluding carboxylic acids is 1. The maximum atomic E-state index is 12.7. The Labute approximate surface area is 207 Å². The third-order valence-electron chi connectivity index (χ3n) is 10.9. The Hall–Kier alpha value is -0.970. The summed E-state index contributed by atoms with van der Waals surface area (Å²) in [4.78, 5) is 12.7. The van der Waals surface area contributed by atoms with Crippen LogP contribution in [0.4, 0.5) is 0 Å². The van der Waals surface area contributed by atoms with Crippen molar-refractivity contribution in [1.29, 1.82) is 0 Å². The number of aliphatic hydroxyl groups is 1. The highest BCUT2D eigenvalue weighted by Crippen LogP contribution is 2.70. The second-order valence-electron chi connectivity index (χ2n) is 12.2. The number of Topliss-reactive ketones (excluding diaryl/α,β-unsaturated/α-hetero) is 1. The molecule has 3 nitrogen and oxygen atoms in total. The van der Waals surface area contributed by atoms with Gasteiger partial charge >= 0.3 is 0 Å². The van der Waals surface area contributed by atoms with E-state index < -0.39 is 5.79 Å².